The van der Waals surface area contributed by atoms with Crippen molar-refractivity contribution in [3.05, 3.63) is 184 Å². The second-order valence-electron chi connectivity index (χ2n) is 33.0. The molecule has 0 aromatic heterocycles. The summed E-state index contributed by atoms with van der Waals surface area (Å²) in [7, 11) is 0. The minimum atomic E-state index is -0.657. The maximum absolute atomic E-state index is 14.3. The van der Waals surface area contributed by atoms with E-state index in [-0.39, 0.29) is 75.9 Å². The summed E-state index contributed by atoms with van der Waals surface area (Å²) < 4.78 is 60.4. The molecule has 5 aromatic rings. The molecule has 5 aromatic carbocycles. The van der Waals surface area contributed by atoms with E-state index in [1.807, 2.05) is 59.8 Å². The molecule has 0 radical (unpaired) electrons. The van der Waals surface area contributed by atoms with Gasteiger partial charge in [-0.25, -0.2) is 49.5 Å². The number of nitrogens with zero attached hydrogens (tertiary/aromatic N) is 6. The lowest BCUT2D eigenvalue weighted by atomic mass is 9.69. The van der Waals surface area contributed by atoms with Gasteiger partial charge in [-0.05, 0) is 236 Å². The fourth-order valence-corrected chi connectivity index (χ4v) is 23.6. The molecule has 0 spiro atoms. The predicted molar refractivity (Wildman–Crippen MR) is 468 cm³/mol. The van der Waals surface area contributed by atoms with Crippen LogP contribution < -0.4 is 37.9 Å². The number of carbonyl (C=O) groups excluding carboxylic acids is 8. The Labute approximate surface area is 747 Å². The first-order valence-corrected chi connectivity index (χ1v) is 46.1. The number of benzene rings is 5. The molecule has 0 amide bonds. The highest BCUT2D eigenvalue weighted by Crippen LogP contribution is 2.64. The van der Waals surface area contributed by atoms with Gasteiger partial charge in [0.05, 0.1) is 141 Å². The smallest absolute Gasteiger partial charge is 0.343 e. The molecular weight excluding hydrogens is 1690 g/mol. The van der Waals surface area contributed by atoms with Crippen LogP contribution in [0, 0.1) is 101 Å². The lowest BCUT2D eigenvalue weighted by molar-refractivity contribution is -0.142. The van der Waals surface area contributed by atoms with Crippen molar-refractivity contribution in [1.82, 2.24) is 0 Å². The molecule has 4 saturated carbocycles. The number of rotatable bonds is 28. The zero-order valence-electron chi connectivity index (χ0n) is 69.6. The molecule has 4 aliphatic carbocycles. The monoisotopic (exact) mass is 1780 g/mol. The Balaban J connectivity index is 0.617. The molecule has 3 heterocycles. The number of carbonyl (C=O) groups is 8. The van der Waals surface area contributed by atoms with E-state index in [4.69, 9.17) is 67.1 Å². The molecule has 0 unspecified atom stereocenters. The first-order chi connectivity index (χ1) is 59.6. The third kappa shape index (κ3) is 22.6. The third-order valence-corrected chi connectivity index (χ3v) is 30.8. The van der Waals surface area contributed by atoms with Crippen LogP contribution in [0.15, 0.2) is 157 Å². The van der Waals surface area contributed by atoms with Gasteiger partial charge in [-0.3, -0.25) is 19.2 Å². The van der Waals surface area contributed by atoms with Crippen LogP contribution in [-0.2, 0) is 49.1 Å². The minimum absolute atomic E-state index is 0.143. The summed E-state index contributed by atoms with van der Waals surface area (Å²) in [6, 6.07) is 25.5. The molecule has 12 rings (SSSR count). The van der Waals surface area contributed by atoms with Crippen LogP contribution in [0.1, 0.15) is 202 Å². The minimum Gasteiger partial charge on any atom is -0.494 e. The molecule has 642 valence electrons. The average Bonchev–Trinajstić information content (AvgIpc) is 1.60. The van der Waals surface area contributed by atoms with Gasteiger partial charge in [0.2, 0.25) is 0 Å². The van der Waals surface area contributed by atoms with E-state index < -0.39 is 82.3 Å². The summed E-state index contributed by atoms with van der Waals surface area (Å²) in [6.07, 6.45) is 15.5. The number of hydrogen-bond donors (Lipinski definition) is 0. The summed E-state index contributed by atoms with van der Waals surface area (Å²) in [6.45, 7) is 42.9. The van der Waals surface area contributed by atoms with E-state index in [1.54, 1.807) is 72.8 Å². The third-order valence-electron chi connectivity index (χ3n) is 23.0. The van der Waals surface area contributed by atoms with Crippen LogP contribution in [-0.4, -0.2) is 74.2 Å². The first kappa shape index (κ1) is 92.4. The normalized spacial score (nSPS) is 21.3. The summed E-state index contributed by atoms with van der Waals surface area (Å²) in [5.74, 6) is -1.84. The van der Waals surface area contributed by atoms with E-state index in [0.717, 1.165) is 134 Å². The number of allylic oxidation sites excluding steroid dienone is 3. The largest absolute Gasteiger partial charge is 0.494 e. The number of hydrogen-bond acceptors (Lipinski definition) is 27. The van der Waals surface area contributed by atoms with Gasteiger partial charge in [-0.2, -0.15) is 0 Å². The topological polar surface area (TPSA) is 313 Å². The summed E-state index contributed by atoms with van der Waals surface area (Å²) in [5.41, 5.74) is -0.122. The highest BCUT2D eigenvalue weighted by atomic mass is 32.2. The van der Waals surface area contributed by atoms with Gasteiger partial charge < -0.3 is 47.4 Å². The van der Waals surface area contributed by atoms with Crippen molar-refractivity contribution in [2.45, 2.75) is 210 Å². The average molecular weight is 1790 g/mol. The van der Waals surface area contributed by atoms with E-state index in [0.29, 0.717) is 179 Å². The number of ether oxygens (including phenoxy) is 10. The van der Waals surface area contributed by atoms with Crippen molar-refractivity contribution in [1.29, 1.82) is 15.8 Å². The molecule has 124 heavy (non-hydrogen) atoms. The van der Waals surface area contributed by atoms with Crippen LogP contribution in [0.25, 0.3) is 14.5 Å². The molecule has 3 aliphatic heterocycles. The van der Waals surface area contributed by atoms with Crippen molar-refractivity contribution in [2.24, 2.45) is 47.3 Å². The van der Waals surface area contributed by atoms with Crippen molar-refractivity contribution in [3.63, 3.8) is 0 Å². The Morgan fingerprint density at radius 3 is 0.919 bits per heavy atom. The fraction of sp³-hybridized carbons (Fsp3) is 0.426. The van der Waals surface area contributed by atoms with Gasteiger partial charge >= 0.3 is 47.8 Å². The zero-order valence-corrected chi connectivity index (χ0v) is 74.5. The lowest BCUT2D eigenvalue weighted by Crippen LogP contribution is -2.32. The zero-order chi connectivity index (χ0) is 88.5. The van der Waals surface area contributed by atoms with Gasteiger partial charge in [0.15, 0.2) is 0 Å². The molecule has 0 saturated heterocycles. The molecule has 30 heteroatoms. The second kappa shape index (κ2) is 42.3. The van der Waals surface area contributed by atoms with Crippen molar-refractivity contribution in [3.8, 4) is 64.2 Å². The summed E-state index contributed by atoms with van der Waals surface area (Å²) in [4.78, 5) is 121. The van der Waals surface area contributed by atoms with Crippen LogP contribution in [0.4, 0.5) is 0 Å². The Morgan fingerprint density at radius 1 is 0.387 bits per heavy atom. The lowest BCUT2D eigenvalue weighted by Gasteiger charge is -2.37. The van der Waals surface area contributed by atoms with E-state index in [2.05, 4.69) is 27.7 Å². The molecule has 7 aliphatic rings. The SMILES string of the molecule is [C-]#[N+]C(C#N)=C1Sc2c(OC(=O)C3CCC(C4CCC(C(=O)Oc5cc(C(C)(C)C)c(OC(=O)c6ccc(OCCCCOC(=O)C=C)cc6)c6c5S/C(=C(\C#N)[N+]#[C-])S6)CC4)CC3)ccc(OC(=O)C3CCC(C4CCC(C(=O)Oc5cc(C(C)(C)C)c(OC(=O)c6ccc(OCCCCOC(=O)C=C)cc6)c6c5S/C(=C(/C#N)[N+]#[C-])S6)CC4)CC3)c2S1. The molecule has 4 fully saturated rings. The van der Waals surface area contributed by atoms with Gasteiger partial charge in [-0.15, -0.1) is 0 Å². The quantitative estimate of drug-likeness (QED) is 0.0112. The van der Waals surface area contributed by atoms with Crippen LogP contribution in [0.5, 0.6) is 46.0 Å². The summed E-state index contributed by atoms with van der Waals surface area (Å²) >= 11 is 6.73. The second-order valence-corrected chi connectivity index (χ2v) is 39.9. The number of nitriles is 3. The Kier molecular flexibility index (Phi) is 31.5. The maximum Gasteiger partial charge on any atom is 0.343 e. The van der Waals surface area contributed by atoms with Gasteiger partial charge in [-0.1, -0.05) is 125 Å². The summed E-state index contributed by atoms with van der Waals surface area (Å²) in [5, 5.41) is 29.9. The first-order valence-electron chi connectivity index (χ1n) is 41.2. The van der Waals surface area contributed by atoms with Gasteiger partial charge in [0.25, 0.3) is 17.1 Å². The van der Waals surface area contributed by atoms with Gasteiger partial charge in [0, 0.05) is 23.3 Å². The number of thioether (sulfide) groups is 6. The Morgan fingerprint density at radius 2 is 0.653 bits per heavy atom. The number of esters is 8. The van der Waals surface area contributed by atoms with E-state index >= 15 is 0 Å². The van der Waals surface area contributed by atoms with E-state index in [1.165, 1.54) is 0 Å². The highest BCUT2D eigenvalue weighted by Gasteiger charge is 2.43. The van der Waals surface area contributed by atoms with Crippen LogP contribution in [0.2, 0.25) is 0 Å². The molecule has 0 bridgehead atoms. The Bertz CT molecular complexity index is 5040. The molecule has 24 nitrogen and oxygen atoms in total. The standard InChI is InChI=1S/C94H92N6O18S6/c1-12-74(101)111-46-16-14-44-109-63-38-34-61(35-39-63)88(107)117-76-65(93(3,4)5)48-72(80-82(76)123-91(121-80)68(51-96)99-10)115-86(105)59-30-22-55(23-31-59)53-18-26-57(27-19-53)84(103)113-70-42-43-71(79-78(70)119-90(120-79)67(50-95)98-9)114-85(104)58-28-20-54(21-29-58)56-24-32-60(33-25-56)87(106)116-73-49-66(94(6,7)8)77(83-81(73)122-92(124-83)69(52-97)100-11)118-89(108)62-36-40-64(41-37-62)110-45-15-17-47-112-75(102)13-2/h12-13,34-43,48-49,53-60H,1-2,14-33,44-47H2,3-8H3/b90-67?,91-68-,92-69+. The number of unbranched alkanes of at least 4 members (excludes halogenated alkanes) is 2. The van der Waals surface area contributed by atoms with Crippen LogP contribution >= 0.6 is 70.6 Å². The maximum atomic E-state index is 14.3. The van der Waals surface area contributed by atoms with Crippen LogP contribution in [0.3, 0.4) is 0 Å². The van der Waals surface area contributed by atoms with Crippen molar-refractivity contribution < 1.29 is 85.7 Å². The fourth-order valence-electron chi connectivity index (χ4n) is 16.2. The molecular formula is C94H92N6O18S6. The predicted octanol–water partition coefficient (Wildman–Crippen LogP) is 22.2. The number of fused-ring (bicyclic) bond motifs is 3. The molecule has 0 N–H and O–H groups in total. The molecule has 0 atom stereocenters. The van der Waals surface area contributed by atoms with Gasteiger partial charge in [0.1, 0.15) is 46.0 Å². The Hall–Kier alpha value is -10.8. The van der Waals surface area contributed by atoms with Crippen molar-refractivity contribution in [2.75, 3.05) is 26.4 Å². The van der Waals surface area contributed by atoms with E-state index in [9.17, 15) is 54.1 Å². The van der Waals surface area contributed by atoms with Crippen molar-refractivity contribution >= 4 is 118 Å². The highest BCUT2D eigenvalue weighted by molar-refractivity contribution is 8.25.